The lowest BCUT2D eigenvalue weighted by atomic mass is 10.6. The molecule has 0 saturated carbocycles. The lowest BCUT2D eigenvalue weighted by Gasteiger charge is -1.88. The van der Waals surface area contributed by atoms with Crippen LogP contribution in [0, 0.1) is 17.8 Å². The smallest absolute Gasteiger partial charge is 0.280 e. The SMILES string of the molecule is O=c1[nH]c(F)nc(F)c1F. The molecule has 1 heterocycles. The van der Waals surface area contributed by atoms with Gasteiger partial charge in [0.1, 0.15) is 0 Å². The van der Waals surface area contributed by atoms with Crippen molar-refractivity contribution in [2.45, 2.75) is 0 Å². The Morgan fingerprint density at radius 1 is 1.30 bits per heavy atom. The first-order valence-electron chi connectivity index (χ1n) is 2.22. The zero-order chi connectivity index (χ0) is 7.72. The van der Waals surface area contributed by atoms with Gasteiger partial charge < -0.3 is 0 Å². The summed E-state index contributed by atoms with van der Waals surface area (Å²) < 4.78 is 35.7. The fraction of sp³-hybridized carbons (Fsp3) is 0. The maximum absolute atomic E-state index is 12.0. The molecule has 1 aromatic heterocycles. The normalized spacial score (nSPS) is 9.90. The molecule has 0 aliphatic carbocycles. The van der Waals surface area contributed by atoms with Crippen LogP contribution in [-0.2, 0) is 0 Å². The van der Waals surface area contributed by atoms with Crippen LogP contribution in [0.3, 0.4) is 0 Å². The number of hydrogen-bond acceptors (Lipinski definition) is 2. The van der Waals surface area contributed by atoms with E-state index < -0.39 is 23.4 Å². The quantitative estimate of drug-likeness (QED) is 0.423. The summed E-state index contributed by atoms with van der Waals surface area (Å²) in [4.78, 5) is 13.8. The van der Waals surface area contributed by atoms with Gasteiger partial charge in [-0.05, 0) is 0 Å². The van der Waals surface area contributed by atoms with Crippen molar-refractivity contribution >= 4 is 0 Å². The summed E-state index contributed by atoms with van der Waals surface area (Å²) in [7, 11) is 0. The summed E-state index contributed by atoms with van der Waals surface area (Å²) in [5, 5.41) is 0. The van der Waals surface area contributed by atoms with Crippen LogP contribution in [0.5, 0.6) is 0 Å². The molecule has 6 heteroatoms. The van der Waals surface area contributed by atoms with Crippen LogP contribution in [0.15, 0.2) is 4.79 Å². The first-order valence-corrected chi connectivity index (χ1v) is 2.22. The van der Waals surface area contributed by atoms with Crippen LogP contribution in [0.25, 0.3) is 0 Å². The largest absolute Gasteiger partial charge is 0.292 e. The summed E-state index contributed by atoms with van der Waals surface area (Å²) >= 11 is 0. The van der Waals surface area contributed by atoms with Crippen LogP contribution in [0.1, 0.15) is 0 Å². The van der Waals surface area contributed by atoms with E-state index in [2.05, 4.69) is 4.98 Å². The maximum atomic E-state index is 12.0. The fourth-order valence-corrected chi connectivity index (χ4v) is 0.405. The second-order valence-electron chi connectivity index (χ2n) is 1.46. The number of rotatable bonds is 0. The van der Waals surface area contributed by atoms with E-state index in [0.29, 0.717) is 0 Å². The van der Waals surface area contributed by atoms with E-state index in [0.717, 1.165) is 0 Å². The highest BCUT2D eigenvalue weighted by atomic mass is 19.2. The minimum absolute atomic E-state index is 1.33. The standard InChI is InChI=1S/C4HF3N2O/c5-1-2(6)8-4(7)9-3(1)10/h(H,8,9,10). The Bertz CT molecular complexity index is 308. The molecule has 0 unspecified atom stereocenters. The van der Waals surface area contributed by atoms with E-state index in [-0.39, 0.29) is 0 Å². The molecule has 0 aliphatic heterocycles. The summed E-state index contributed by atoms with van der Waals surface area (Å²) in [6.07, 6.45) is -1.44. The van der Waals surface area contributed by atoms with E-state index >= 15 is 0 Å². The van der Waals surface area contributed by atoms with Crippen molar-refractivity contribution in [1.29, 1.82) is 0 Å². The van der Waals surface area contributed by atoms with Gasteiger partial charge >= 0.3 is 0 Å². The first-order chi connectivity index (χ1) is 4.61. The molecular weight excluding hydrogens is 149 g/mol. The zero-order valence-electron chi connectivity index (χ0n) is 4.49. The van der Waals surface area contributed by atoms with Crippen molar-refractivity contribution in [1.82, 2.24) is 9.97 Å². The molecular formula is C4HF3N2O. The van der Waals surface area contributed by atoms with Crippen LogP contribution in [0.4, 0.5) is 13.2 Å². The van der Waals surface area contributed by atoms with Crippen molar-refractivity contribution in [3.05, 3.63) is 28.2 Å². The average molecular weight is 150 g/mol. The molecule has 0 amide bonds. The molecule has 1 rings (SSSR count). The highest BCUT2D eigenvalue weighted by molar-refractivity contribution is 4.87. The van der Waals surface area contributed by atoms with Crippen LogP contribution in [-0.4, -0.2) is 9.97 Å². The molecule has 0 radical (unpaired) electrons. The molecule has 54 valence electrons. The Morgan fingerprint density at radius 2 is 1.90 bits per heavy atom. The molecule has 1 aromatic rings. The predicted octanol–water partition coefficient (Wildman–Crippen LogP) is 0.187. The van der Waals surface area contributed by atoms with Crippen molar-refractivity contribution in [2.24, 2.45) is 0 Å². The highest BCUT2D eigenvalue weighted by Crippen LogP contribution is 1.93. The summed E-state index contributed by atoms with van der Waals surface area (Å²) in [6.45, 7) is 0. The van der Waals surface area contributed by atoms with Crippen LogP contribution in [0.2, 0.25) is 0 Å². The Kier molecular flexibility index (Phi) is 1.44. The molecule has 0 bridgehead atoms. The predicted molar refractivity (Wildman–Crippen MR) is 24.7 cm³/mol. The van der Waals surface area contributed by atoms with Gasteiger partial charge in [-0.1, -0.05) is 0 Å². The molecule has 0 atom stereocenters. The Morgan fingerprint density at radius 3 is 2.40 bits per heavy atom. The van der Waals surface area contributed by atoms with Gasteiger partial charge in [-0.3, -0.25) is 9.78 Å². The number of aromatic amines is 1. The van der Waals surface area contributed by atoms with Gasteiger partial charge in [-0.2, -0.15) is 18.2 Å². The molecule has 0 aliphatic rings. The van der Waals surface area contributed by atoms with Gasteiger partial charge in [0.25, 0.3) is 17.6 Å². The van der Waals surface area contributed by atoms with Gasteiger partial charge in [0.05, 0.1) is 0 Å². The molecule has 3 nitrogen and oxygen atoms in total. The van der Waals surface area contributed by atoms with Crippen molar-refractivity contribution in [3.8, 4) is 0 Å². The molecule has 0 fully saturated rings. The second-order valence-corrected chi connectivity index (χ2v) is 1.46. The van der Waals surface area contributed by atoms with E-state index in [9.17, 15) is 18.0 Å². The Hall–Kier alpha value is -1.33. The molecule has 0 saturated heterocycles. The molecule has 10 heavy (non-hydrogen) atoms. The van der Waals surface area contributed by atoms with Gasteiger partial charge in [-0.25, -0.2) is 0 Å². The fourth-order valence-electron chi connectivity index (χ4n) is 0.405. The number of nitrogens with zero attached hydrogens (tertiary/aromatic N) is 1. The third-order valence-corrected chi connectivity index (χ3v) is 0.793. The summed E-state index contributed by atoms with van der Waals surface area (Å²) in [5.74, 6) is -3.44. The van der Waals surface area contributed by atoms with Crippen LogP contribution < -0.4 is 5.56 Å². The van der Waals surface area contributed by atoms with Crippen molar-refractivity contribution in [3.63, 3.8) is 0 Å². The lowest BCUT2D eigenvalue weighted by molar-refractivity contribution is 0.417. The van der Waals surface area contributed by atoms with Crippen molar-refractivity contribution in [2.75, 3.05) is 0 Å². The lowest BCUT2D eigenvalue weighted by Crippen LogP contribution is -2.16. The number of nitrogens with one attached hydrogen (secondary N) is 1. The monoisotopic (exact) mass is 150 g/mol. The molecule has 0 spiro atoms. The number of aromatic nitrogens is 2. The first kappa shape index (κ1) is 6.79. The summed E-state index contributed by atoms with van der Waals surface area (Å²) in [6, 6.07) is 0. The molecule has 1 N–H and O–H groups in total. The minimum Gasteiger partial charge on any atom is -0.280 e. The van der Waals surface area contributed by atoms with E-state index in [1.807, 2.05) is 0 Å². The number of H-pyrrole nitrogens is 1. The topological polar surface area (TPSA) is 45.8 Å². The maximum Gasteiger partial charge on any atom is 0.292 e. The number of hydrogen-bond donors (Lipinski definition) is 1. The third kappa shape index (κ3) is 0.996. The molecule has 0 aromatic carbocycles. The van der Waals surface area contributed by atoms with Gasteiger partial charge in [0, 0.05) is 0 Å². The van der Waals surface area contributed by atoms with Gasteiger partial charge in [0.2, 0.25) is 5.82 Å². The Balaban J connectivity index is 3.46. The van der Waals surface area contributed by atoms with Gasteiger partial charge in [-0.15, -0.1) is 0 Å². The zero-order valence-corrected chi connectivity index (χ0v) is 4.49. The third-order valence-electron chi connectivity index (χ3n) is 0.793. The van der Waals surface area contributed by atoms with E-state index in [1.165, 1.54) is 4.98 Å². The summed E-state index contributed by atoms with van der Waals surface area (Å²) in [5.41, 5.74) is -1.45. The minimum atomic E-state index is -1.73. The second kappa shape index (κ2) is 2.13. The van der Waals surface area contributed by atoms with E-state index in [4.69, 9.17) is 0 Å². The Labute approximate surface area is 52.5 Å². The van der Waals surface area contributed by atoms with Crippen LogP contribution >= 0.6 is 0 Å². The highest BCUT2D eigenvalue weighted by Gasteiger charge is 2.08. The van der Waals surface area contributed by atoms with Crippen molar-refractivity contribution < 1.29 is 13.2 Å². The van der Waals surface area contributed by atoms with E-state index in [1.54, 1.807) is 0 Å². The van der Waals surface area contributed by atoms with Gasteiger partial charge in [0.15, 0.2) is 0 Å². The number of halogens is 3. The average Bonchev–Trinajstić information content (AvgIpc) is 1.82.